The Morgan fingerprint density at radius 1 is 0.727 bits per heavy atom. The fourth-order valence-corrected chi connectivity index (χ4v) is 1.25. The molecule has 0 saturated carbocycles. The molecule has 0 bridgehead atoms. The van der Waals surface area contributed by atoms with Crippen molar-refractivity contribution < 1.29 is 14.4 Å². The zero-order valence-corrected chi connectivity index (χ0v) is 11.9. The molecule has 116 valence electrons. The van der Waals surface area contributed by atoms with Gasteiger partial charge in [-0.3, -0.25) is 9.59 Å². The van der Waals surface area contributed by atoms with E-state index in [1.54, 1.807) is 18.2 Å². The zero-order chi connectivity index (χ0) is 15.8. The third-order valence-electron chi connectivity index (χ3n) is 2.10. The smallest absolute Gasteiger partial charge is 0.150 e. The van der Waals surface area contributed by atoms with Crippen LogP contribution in [0.1, 0.15) is 30.3 Å². The van der Waals surface area contributed by atoms with E-state index in [1.165, 1.54) is 13.0 Å². The third-order valence-corrected chi connectivity index (χ3v) is 2.10. The molecule has 0 heterocycles. The lowest BCUT2D eigenvalue weighted by atomic mass is 10.2. The molecule has 0 saturated heterocycles. The normalized spacial score (nSPS) is 8.23. The molecule has 0 unspecified atom stereocenters. The summed E-state index contributed by atoms with van der Waals surface area (Å²) in [5, 5.41) is 0. The highest BCUT2D eigenvalue weighted by Crippen LogP contribution is 1.99. The molecule has 0 N–H and O–H groups in total. The Balaban J connectivity index is 0. The van der Waals surface area contributed by atoms with Crippen molar-refractivity contribution in [2.75, 3.05) is 0 Å². The van der Waals surface area contributed by atoms with Crippen molar-refractivity contribution in [3.63, 3.8) is 0 Å². The van der Waals surface area contributed by atoms with E-state index in [1.807, 2.05) is 48.5 Å². The molecular formula is C19H22O3. The molecule has 0 atom stereocenters. The minimum absolute atomic E-state index is 0. The van der Waals surface area contributed by atoms with E-state index in [2.05, 4.69) is 0 Å². The van der Waals surface area contributed by atoms with Crippen LogP contribution in [0.4, 0.5) is 0 Å². The summed E-state index contributed by atoms with van der Waals surface area (Å²) in [5.74, 6) is 0. The number of carbonyl (C=O) groups is 3. The van der Waals surface area contributed by atoms with Crippen LogP contribution in [-0.4, -0.2) is 18.9 Å². The van der Waals surface area contributed by atoms with Crippen molar-refractivity contribution in [1.29, 1.82) is 0 Å². The number of hydrogen-bond donors (Lipinski definition) is 0. The average Bonchev–Trinajstić information content (AvgIpc) is 2.56. The standard InChI is InChI=1S/C9H8O.C7H6O.C2H4O.CH4/c10-8-4-7-9-5-2-1-3-6-9;8-6-7-4-2-1-3-5-7;1-2-3;/h1-8H;1-6H;2H,1H3;1H4/b7-4-;;;. The van der Waals surface area contributed by atoms with Crippen molar-refractivity contribution in [3.8, 4) is 0 Å². The molecule has 2 aromatic carbocycles. The summed E-state index contributed by atoms with van der Waals surface area (Å²) in [5.41, 5.74) is 1.78. The van der Waals surface area contributed by atoms with Gasteiger partial charge in [0.1, 0.15) is 18.9 Å². The van der Waals surface area contributed by atoms with Crippen LogP contribution in [0.15, 0.2) is 66.7 Å². The topological polar surface area (TPSA) is 51.2 Å². The Labute approximate surface area is 132 Å². The average molecular weight is 298 g/mol. The molecule has 0 spiro atoms. The number of allylic oxidation sites excluding steroid dienone is 1. The molecular weight excluding hydrogens is 276 g/mol. The van der Waals surface area contributed by atoms with Gasteiger partial charge in [-0.25, -0.2) is 0 Å². The Bertz CT molecular complexity index is 531. The predicted molar refractivity (Wildman–Crippen MR) is 91.8 cm³/mol. The summed E-state index contributed by atoms with van der Waals surface area (Å²) in [4.78, 5) is 28.7. The molecule has 22 heavy (non-hydrogen) atoms. The minimum Gasteiger partial charge on any atom is -0.304 e. The van der Waals surface area contributed by atoms with E-state index in [0.717, 1.165) is 30.0 Å². The number of hydrogen-bond acceptors (Lipinski definition) is 3. The molecule has 2 aromatic rings. The first-order valence-corrected chi connectivity index (χ1v) is 6.35. The fourth-order valence-electron chi connectivity index (χ4n) is 1.25. The lowest BCUT2D eigenvalue weighted by Gasteiger charge is -1.86. The van der Waals surface area contributed by atoms with Gasteiger partial charge in [0.05, 0.1) is 0 Å². The number of rotatable bonds is 3. The van der Waals surface area contributed by atoms with Gasteiger partial charge in [0.25, 0.3) is 0 Å². The van der Waals surface area contributed by atoms with E-state index in [0.29, 0.717) is 0 Å². The van der Waals surface area contributed by atoms with Gasteiger partial charge in [0, 0.05) is 5.56 Å². The Morgan fingerprint density at radius 3 is 1.45 bits per heavy atom. The van der Waals surface area contributed by atoms with Crippen LogP contribution in [0.5, 0.6) is 0 Å². The van der Waals surface area contributed by atoms with Gasteiger partial charge in [0.15, 0.2) is 0 Å². The molecule has 0 aliphatic rings. The highest BCUT2D eigenvalue weighted by Gasteiger charge is 1.80. The SMILES string of the molecule is C.CC=O.O=C/C=C\c1ccccc1.O=Cc1ccccc1. The van der Waals surface area contributed by atoms with E-state index < -0.39 is 0 Å². The van der Waals surface area contributed by atoms with Gasteiger partial charge >= 0.3 is 0 Å². The molecule has 0 amide bonds. The molecule has 3 nitrogen and oxygen atoms in total. The summed E-state index contributed by atoms with van der Waals surface area (Å²) in [6.07, 6.45) is 5.61. The summed E-state index contributed by atoms with van der Waals surface area (Å²) < 4.78 is 0. The Hall–Kier alpha value is -2.81. The Kier molecular flexibility index (Phi) is 15.9. The van der Waals surface area contributed by atoms with E-state index >= 15 is 0 Å². The molecule has 0 aliphatic heterocycles. The minimum atomic E-state index is 0. The summed E-state index contributed by atoms with van der Waals surface area (Å²) in [6, 6.07) is 18.8. The van der Waals surface area contributed by atoms with Gasteiger partial charge in [-0.15, -0.1) is 0 Å². The summed E-state index contributed by atoms with van der Waals surface area (Å²) in [6.45, 7) is 1.44. The predicted octanol–water partition coefficient (Wildman–Crippen LogP) is 4.24. The van der Waals surface area contributed by atoms with Crippen molar-refractivity contribution >= 4 is 24.9 Å². The monoisotopic (exact) mass is 298 g/mol. The lowest BCUT2D eigenvalue weighted by molar-refractivity contribution is -0.106. The molecule has 0 fully saturated rings. The van der Waals surface area contributed by atoms with E-state index in [9.17, 15) is 9.59 Å². The van der Waals surface area contributed by atoms with Gasteiger partial charge in [-0.1, -0.05) is 74.2 Å². The van der Waals surface area contributed by atoms with Gasteiger partial charge in [-0.2, -0.15) is 0 Å². The maximum atomic E-state index is 10.0. The molecule has 0 radical (unpaired) electrons. The largest absolute Gasteiger partial charge is 0.304 e. The van der Waals surface area contributed by atoms with Gasteiger partial charge in [0.2, 0.25) is 0 Å². The highest BCUT2D eigenvalue weighted by molar-refractivity contribution is 5.74. The Morgan fingerprint density at radius 2 is 1.14 bits per heavy atom. The van der Waals surface area contributed by atoms with Crippen LogP contribution in [0.2, 0.25) is 0 Å². The van der Waals surface area contributed by atoms with Crippen LogP contribution in [0, 0.1) is 0 Å². The fraction of sp³-hybridized carbons (Fsp3) is 0.105. The number of benzene rings is 2. The van der Waals surface area contributed by atoms with E-state index in [4.69, 9.17) is 4.79 Å². The van der Waals surface area contributed by atoms with Crippen molar-refractivity contribution in [2.45, 2.75) is 14.4 Å². The number of carbonyl (C=O) groups excluding carboxylic acids is 3. The first-order chi connectivity index (χ1) is 10.3. The second-order valence-electron chi connectivity index (χ2n) is 3.67. The quantitative estimate of drug-likeness (QED) is 0.629. The van der Waals surface area contributed by atoms with Crippen molar-refractivity contribution in [3.05, 3.63) is 77.9 Å². The second-order valence-corrected chi connectivity index (χ2v) is 3.67. The zero-order valence-electron chi connectivity index (χ0n) is 11.9. The first kappa shape index (κ1) is 21.5. The highest BCUT2D eigenvalue weighted by atomic mass is 16.1. The third kappa shape index (κ3) is 12.2. The van der Waals surface area contributed by atoms with Crippen LogP contribution in [0.25, 0.3) is 6.08 Å². The van der Waals surface area contributed by atoms with Crippen LogP contribution < -0.4 is 0 Å². The molecule has 0 aliphatic carbocycles. The second kappa shape index (κ2) is 16.2. The molecule has 2 rings (SSSR count). The maximum Gasteiger partial charge on any atom is 0.150 e. The number of aldehydes is 3. The maximum absolute atomic E-state index is 10.0. The van der Waals surface area contributed by atoms with E-state index in [-0.39, 0.29) is 7.43 Å². The van der Waals surface area contributed by atoms with Gasteiger partial charge in [-0.05, 0) is 18.6 Å². The molecule has 3 heteroatoms. The molecule has 0 aromatic heterocycles. The van der Waals surface area contributed by atoms with Crippen molar-refractivity contribution in [1.82, 2.24) is 0 Å². The lowest BCUT2D eigenvalue weighted by Crippen LogP contribution is -1.73. The van der Waals surface area contributed by atoms with Gasteiger partial charge < -0.3 is 4.79 Å². The summed E-state index contributed by atoms with van der Waals surface area (Å²) >= 11 is 0. The van der Waals surface area contributed by atoms with Crippen molar-refractivity contribution in [2.24, 2.45) is 0 Å². The summed E-state index contributed by atoms with van der Waals surface area (Å²) in [7, 11) is 0. The van der Waals surface area contributed by atoms with Crippen LogP contribution >= 0.6 is 0 Å². The van der Waals surface area contributed by atoms with Crippen LogP contribution in [-0.2, 0) is 9.59 Å². The van der Waals surface area contributed by atoms with Crippen LogP contribution in [0.3, 0.4) is 0 Å². The first-order valence-electron chi connectivity index (χ1n) is 6.35.